The molecule has 6 heteroatoms. The van der Waals surface area contributed by atoms with Crippen LogP contribution in [0.2, 0.25) is 0 Å². The van der Waals surface area contributed by atoms with Crippen molar-refractivity contribution in [1.29, 1.82) is 0 Å². The van der Waals surface area contributed by atoms with Crippen LogP contribution in [0.5, 0.6) is 0 Å². The molecule has 0 aliphatic carbocycles. The molecular formula is C10H19NO4S. The van der Waals surface area contributed by atoms with Crippen molar-refractivity contribution in [3.63, 3.8) is 0 Å². The zero-order chi connectivity index (χ0) is 12.8. The van der Waals surface area contributed by atoms with E-state index in [0.717, 1.165) is 0 Å². The molecule has 0 fully saturated rings. The van der Waals surface area contributed by atoms with Gasteiger partial charge in [-0.15, -0.1) is 0 Å². The second kappa shape index (κ2) is 6.62. The lowest BCUT2D eigenvalue weighted by Crippen LogP contribution is -2.40. The Morgan fingerprint density at radius 3 is 2.38 bits per heavy atom. The number of carboxylic acids is 1. The molecule has 0 spiro atoms. The SMILES string of the molecule is CC(C)(C)OC(=O)N[C@H](CS)CCC(=O)O. The molecule has 0 aromatic carbocycles. The maximum absolute atomic E-state index is 11.4. The number of hydrogen-bond acceptors (Lipinski definition) is 4. The normalized spacial score (nSPS) is 13.0. The van der Waals surface area contributed by atoms with Gasteiger partial charge in [0, 0.05) is 18.2 Å². The summed E-state index contributed by atoms with van der Waals surface area (Å²) in [5.74, 6) is -0.509. The van der Waals surface area contributed by atoms with Crippen LogP contribution in [0.3, 0.4) is 0 Å². The topological polar surface area (TPSA) is 75.6 Å². The number of hydrogen-bond donors (Lipinski definition) is 3. The fourth-order valence-corrected chi connectivity index (χ4v) is 1.25. The third-order valence-electron chi connectivity index (χ3n) is 1.65. The van der Waals surface area contributed by atoms with E-state index in [1.54, 1.807) is 20.8 Å². The summed E-state index contributed by atoms with van der Waals surface area (Å²) in [4.78, 5) is 21.7. The second-order valence-corrected chi connectivity index (χ2v) is 4.82. The van der Waals surface area contributed by atoms with E-state index in [1.807, 2.05) is 0 Å². The largest absolute Gasteiger partial charge is 0.481 e. The molecule has 0 saturated heterocycles. The van der Waals surface area contributed by atoms with Gasteiger partial charge in [0.25, 0.3) is 0 Å². The van der Waals surface area contributed by atoms with Crippen molar-refractivity contribution in [1.82, 2.24) is 5.32 Å². The van der Waals surface area contributed by atoms with Crippen molar-refractivity contribution >= 4 is 24.7 Å². The monoisotopic (exact) mass is 249 g/mol. The molecule has 1 atom stereocenters. The fourth-order valence-electron chi connectivity index (χ4n) is 0.981. The Kier molecular flexibility index (Phi) is 6.25. The summed E-state index contributed by atoms with van der Waals surface area (Å²) in [5.41, 5.74) is -0.558. The van der Waals surface area contributed by atoms with Gasteiger partial charge >= 0.3 is 12.1 Å². The highest BCUT2D eigenvalue weighted by atomic mass is 32.1. The predicted octanol–water partition coefficient (Wildman–Crippen LogP) is 1.67. The van der Waals surface area contributed by atoms with E-state index in [2.05, 4.69) is 17.9 Å². The highest BCUT2D eigenvalue weighted by Gasteiger charge is 2.19. The van der Waals surface area contributed by atoms with Crippen molar-refractivity contribution in [3.05, 3.63) is 0 Å². The Balaban J connectivity index is 4.02. The summed E-state index contributed by atoms with van der Waals surface area (Å²) in [6, 6.07) is -0.283. The van der Waals surface area contributed by atoms with Crippen LogP contribution in [0, 0.1) is 0 Å². The fraction of sp³-hybridized carbons (Fsp3) is 0.800. The van der Waals surface area contributed by atoms with E-state index in [4.69, 9.17) is 9.84 Å². The van der Waals surface area contributed by atoms with E-state index in [9.17, 15) is 9.59 Å². The summed E-state index contributed by atoms with van der Waals surface area (Å²) in [7, 11) is 0. The van der Waals surface area contributed by atoms with Crippen LogP contribution in [0.15, 0.2) is 0 Å². The lowest BCUT2D eigenvalue weighted by atomic mass is 10.2. The van der Waals surface area contributed by atoms with Crippen LogP contribution in [0.4, 0.5) is 4.79 Å². The molecular weight excluding hydrogens is 230 g/mol. The standard InChI is InChI=1S/C10H19NO4S/c1-10(2,3)15-9(14)11-7(6-16)4-5-8(12)13/h7,16H,4-6H2,1-3H3,(H,11,14)(H,12,13)/t7-/m0/s1. The van der Waals surface area contributed by atoms with E-state index >= 15 is 0 Å². The second-order valence-electron chi connectivity index (χ2n) is 4.46. The smallest absolute Gasteiger partial charge is 0.407 e. The molecule has 2 N–H and O–H groups in total. The Hall–Kier alpha value is -0.910. The first-order chi connectivity index (χ1) is 7.24. The minimum atomic E-state index is -0.891. The van der Waals surface area contributed by atoms with E-state index in [1.165, 1.54) is 0 Å². The zero-order valence-corrected chi connectivity index (χ0v) is 10.7. The number of carbonyl (C=O) groups excluding carboxylic acids is 1. The van der Waals surface area contributed by atoms with Crippen LogP contribution < -0.4 is 5.32 Å². The van der Waals surface area contributed by atoms with Gasteiger partial charge in [-0.2, -0.15) is 12.6 Å². The summed E-state index contributed by atoms with van der Waals surface area (Å²) < 4.78 is 5.05. The van der Waals surface area contributed by atoms with Gasteiger partial charge in [0.05, 0.1) is 0 Å². The molecule has 0 aliphatic rings. The molecule has 94 valence electrons. The van der Waals surface area contributed by atoms with Gasteiger partial charge in [0.1, 0.15) is 5.60 Å². The summed E-state index contributed by atoms with van der Waals surface area (Å²) in [5, 5.41) is 11.1. The number of rotatable bonds is 5. The van der Waals surface area contributed by atoms with Gasteiger partial charge in [-0.25, -0.2) is 4.79 Å². The molecule has 0 rings (SSSR count). The molecule has 0 heterocycles. The lowest BCUT2D eigenvalue weighted by molar-refractivity contribution is -0.137. The number of carboxylic acid groups (broad SMARTS) is 1. The molecule has 0 radical (unpaired) electrons. The Labute approximate surface area is 101 Å². The van der Waals surface area contributed by atoms with Crippen molar-refractivity contribution < 1.29 is 19.4 Å². The van der Waals surface area contributed by atoms with Crippen molar-refractivity contribution in [2.75, 3.05) is 5.75 Å². The number of ether oxygens (including phenoxy) is 1. The average Bonchev–Trinajstić information content (AvgIpc) is 2.08. The van der Waals surface area contributed by atoms with Gasteiger partial charge in [-0.3, -0.25) is 4.79 Å². The number of thiol groups is 1. The first-order valence-electron chi connectivity index (χ1n) is 5.07. The average molecular weight is 249 g/mol. The number of alkyl carbamates (subject to hydrolysis) is 1. The van der Waals surface area contributed by atoms with Gasteiger partial charge < -0.3 is 15.2 Å². The first-order valence-corrected chi connectivity index (χ1v) is 5.70. The highest BCUT2D eigenvalue weighted by Crippen LogP contribution is 2.08. The number of carbonyl (C=O) groups is 2. The van der Waals surface area contributed by atoms with Gasteiger partial charge in [-0.05, 0) is 27.2 Å². The lowest BCUT2D eigenvalue weighted by Gasteiger charge is -2.22. The highest BCUT2D eigenvalue weighted by molar-refractivity contribution is 7.80. The number of nitrogens with one attached hydrogen (secondary N) is 1. The molecule has 0 bridgehead atoms. The molecule has 0 aromatic heterocycles. The van der Waals surface area contributed by atoms with Gasteiger partial charge in [0.2, 0.25) is 0 Å². The molecule has 5 nitrogen and oxygen atoms in total. The number of aliphatic carboxylic acids is 1. The van der Waals surface area contributed by atoms with E-state index in [0.29, 0.717) is 12.2 Å². The predicted molar refractivity (Wildman–Crippen MR) is 63.9 cm³/mol. The molecule has 1 amide bonds. The van der Waals surface area contributed by atoms with Gasteiger partial charge in [0.15, 0.2) is 0 Å². The van der Waals surface area contributed by atoms with Crippen LogP contribution in [0.1, 0.15) is 33.6 Å². The summed E-state index contributed by atoms with van der Waals surface area (Å²) in [6.45, 7) is 5.29. The van der Waals surface area contributed by atoms with Crippen LogP contribution in [-0.4, -0.2) is 34.6 Å². The van der Waals surface area contributed by atoms with Crippen LogP contribution >= 0.6 is 12.6 Å². The van der Waals surface area contributed by atoms with E-state index in [-0.39, 0.29) is 12.5 Å². The minimum absolute atomic E-state index is 0.00102. The van der Waals surface area contributed by atoms with Crippen LogP contribution in [-0.2, 0) is 9.53 Å². The van der Waals surface area contributed by atoms with Crippen LogP contribution in [0.25, 0.3) is 0 Å². The minimum Gasteiger partial charge on any atom is -0.481 e. The summed E-state index contributed by atoms with van der Waals surface area (Å²) in [6.07, 6.45) is -0.198. The van der Waals surface area contributed by atoms with Gasteiger partial charge in [-0.1, -0.05) is 0 Å². The third-order valence-corrected chi connectivity index (χ3v) is 2.09. The molecule has 0 aromatic rings. The van der Waals surface area contributed by atoms with Crippen molar-refractivity contribution in [3.8, 4) is 0 Å². The van der Waals surface area contributed by atoms with Crippen molar-refractivity contribution in [2.24, 2.45) is 0 Å². The van der Waals surface area contributed by atoms with E-state index < -0.39 is 17.7 Å². The maximum atomic E-state index is 11.4. The molecule has 0 aliphatic heterocycles. The molecule has 0 unspecified atom stereocenters. The quantitative estimate of drug-likeness (QED) is 0.648. The Morgan fingerprint density at radius 1 is 1.44 bits per heavy atom. The maximum Gasteiger partial charge on any atom is 0.407 e. The number of amides is 1. The summed E-state index contributed by atoms with van der Waals surface area (Å²) >= 11 is 4.04. The third kappa shape index (κ3) is 8.40. The Morgan fingerprint density at radius 2 is 2.00 bits per heavy atom. The Bertz CT molecular complexity index is 250. The zero-order valence-electron chi connectivity index (χ0n) is 9.82. The van der Waals surface area contributed by atoms with Crippen molar-refractivity contribution in [2.45, 2.75) is 45.3 Å². The molecule has 0 saturated carbocycles. The first kappa shape index (κ1) is 15.1. The molecule has 16 heavy (non-hydrogen) atoms.